The van der Waals surface area contributed by atoms with Gasteiger partial charge in [-0.25, -0.2) is 26.7 Å². The van der Waals surface area contributed by atoms with Crippen molar-refractivity contribution in [3.05, 3.63) is 17.0 Å². The molecule has 1 aliphatic rings. The second-order valence-corrected chi connectivity index (χ2v) is 9.47. The molecule has 19 heavy (non-hydrogen) atoms. The Hall–Kier alpha value is -0.480. The molecule has 3 N–H and O–H groups in total. The van der Waals surface area contributed by atoms with Crippen LogP contribution in [0.3, 0.4) is 0 Å². The van der Waals surface area contributed by atoms with E-state index in [0.717, 1.165) is 24.2 Å². The number of hydrogen-bond acceptors (Lipinski definition) is 5. The van der Waals surface area contributed by atoms with Crippen LogP contribution < -0.4 is 9.86 Å². The zero-order chi connectivity index (χ0) is 14.3. The van der Waals surface area contributed by atoms with Crippen LogP contribution in [0.2, 0.25) is 0 Å². The number of primary sulfonamides is 1. The maximum atomic E-state index is 11.8. The zero-order valence-corrected chi connectivity index (χ0v) is 12.8. The van der Waals surface area contributed by atoms with Crippen molar-refractivity contribution in [1.29, 1.82) is 0 Å². The first kappa shape index (κ1) is 14.9. The van der Waals surface area contributed by atoms with Crippen molar-refractivity contribution in [3.8, 4) is 0 Å². The van der Waals surface area contributed by atoms with E-state index in [1.807, 2.05) is 0 Å². The van der Waals surface area contributed by atoms with Crippen LogP contribution in [0.1, 0.15) is 30.7 Å². The lowest BCUT2D eigenvalue weighted by atomic mass is 10.3. The summed E-state index contributed by atoms with van der Waals surface area (Å²) in [5.41, 5.74) is 0. The number of rotatable bonds is 6. The van der Waals surface area contributed by atoms with Gasteiger partial charge in [-0.2, -0.15) is 0 Å². The van der Waals surface area contributed by atoms with Crippen LogP contribution in [0.4, 0.5) is 0 Å². The third-order valence-corrected chi connectivity index (χ3v) is 7.15. The Morgan fingerprint density at radius 2 is 2.00 bits per heavy atom. The fraction of sp³-hybridized carbons (Fsp3) is 0.600. The summed E-state index contributed by atoms with van der Waals surface area (Å²) in [5.74, 6) is 0.415. The number of hydrogen-bond donors (Lipinski definition) is 2. The molecule has 108 valence electrons. The minimum atomic E-state index is -3.73. The van der Waals surface area contributed by atoms with Gasteiger partial charge in [-0.05, 0) is 37.8 Å². The molecule has 1 aromatic rings. The molecule has 0 aromatic carbocycles. The van der Waals surface area contributed by atoms with E-state index in [-0.39, 0.29) is 15.9 Å². The van der Waals surface area contributed by atoms with Gasteiger partial charge < -0.3 is 0 Å². The van der Waals surface area contributed by atoms with Gasteiger partial charge in [-0.3, -0.25) is 0 Å². The Morgan fingerprint density at radius 1 is 1.37 bits per heavy atom. The molecule has 9 heteroatoms. The molecule has 1 atom stereocenters. The maximum absolute atomic E-state index is 11.8. The molecule has 1 aromatic heterocycles. The molecular formula is C10H16N2O4S3. The highest BCUT2D eigenvalue weighted by Gasteiger charge is 2.29. The Labute approximate surface area is 117 Å². The summed E-state index contributed by atoms with van der Waals surface area (Å²) in [6, 6.07) is 2.51. The van der Waals surface area contributed by atoms with Crippen LogP contribution in [0, 0.1) is 5.92 Å². The molecule has 1 aliphatic carbocycles. The van der Waals surface area contributed by atoms with Crippen molar-refractivity contribution in [1.82, 2.24) is 4.72 Å². The van der Waals surface area contributed by atoms with E-state index in [2.05, 4.69) is 4.72 Å². The summed E-state index contributed by atoms with van der Waals surface area (Å²) in [4.78, 5) is 0.628. The highest BCUT2D eigenvalue weighted by Crippen LogP contribution is 2.31. The third kappa shape index (κ3) is 4.25. The van der Waals surface area contributed by atoms with Gasteiger partial charge in [0.15, 0.2) is 0 Å². The van der Waals surface area contributed by atoms with E-state index >= 15 is 0 Å². The van der Waals surface area contributed by atoms with Gasteiger partial charge in [0.2, 0.25) is 20.0 Å². The Bertz CT molecular complexity index is 659. The molecule has 6 nitrogen and oxygen atoms in total. The van der Waals surface area contributed by atoms with Crippen molar-refractivity contribution in [3.63, 3.8) is 0 Å². The molecule has 2 rings (SSSR count). The van der Waals surface area contributed by atoms with E-state index in [9.17, 15) is 16.8 Å². The Kier molecular flexibility index (Phi) is 4.03. The molecule has 1 saturated carbocycles. The predicted molar refractivity (Wildman–Crippen MR) is 73.8 cm³/mol. The highest BCUT2D eigenvalue weighted by atomic mass is 32.2. The van der Waals surface area contributed by atoms with Crippen LogP contribution in [0.5, 0.6) is 0 Å². The van der Waals surface area contributed by atoms with E-state index < -0.39 is 26.1 Å². The summed E-state index contributed by atoms with van der Waals surface area (Å²) in [6.07, 6.45) is 1.92. The second-order valence-electron chi connectivity index (χ2n) is 4.77. The average Bonchev–Trinajstić information content (AvgIpc) is 2.89. The quantitative estimate of drug-likeness (QED) is 0.806. The molecule has 0 amide bonds. The van der Waals surface area contributed by atoms with E-state index in [4.69, 9.17) is 5.14 Å². The van der Waals surface area contributed by atoms with Gasteiger partial charge in [0.05, 0.1) is 11.8 Å². The molecule has 0 radical (unpaired) electrons. The van der Waals surface area contributed by atoms with E-state index in [1.54, 1.807) is 13.0 Å². The number of sulfonamides is 2. The maximum Gasteiger partial charge on any atom is 0.247 e. The van der Waals surface area contributed by atoms with Crippen LogP contribution >= 0.6 is 11.3 Å². The summed E-state index contributed by atoms with van der Waals surface area (Å²) < 4.78 is 48.5. The first-order chi connectivity index (χ1) is 8.67. The molecule has 0 bridgehead atoms. The van der Waals surface area contributed by atoms with Gasteiger partial charge in [0.1, 0.15) is 4.21 Å². The molecule has 1 heterocycles. The van der Waals surface area contributed by atoms with Crippen LogP contribution in [-0.2, 0) is 20.0 Å². The van der Waals surface area contributed by atoms with Crippen LogP contribution in [0.15, 0.2) is 16.3 Å². The fourth-order valence-electron chi connectivity index (χ4n) is 1.69. The van der Waals surface area contributed by atoms with Crippen molar-refractivity contribution >= 4 is 31.4 Å². The summed E-state index contributed by atoms with van der Waals surface area (Å²) in [6.45, 7) is 1.68. The Morgan fingerprint density at radius 3 is 2.47 bits per heavy atom. The monoisotopic (exact) mass is 324 g/mol. The van der Waals surface area contributed by atoms with E-state index in [0.29, 0.717) is 4.88 Å². The standard InChI is InChI=1S/C10H16N2O4S3/c1-7(12-18(13,14)6-8-2-3-8)9-4-5-10(17-9)19(11,15)16/h4-5,7-8,12H,2-3,6H2,1H3,(H2,11,15,16). The molecule has 0 aliphatic heterocycles. The third-order valence-electron chi connectivity index (χ3n) is 2.82. The van der Waals surface area contributed by atoms with Crippen molar-refractivity contribution in [2.45, 2.75) is 30.0 Å². The Balaban J connectivity index is 2.07. The van der Waals surface area contributed by atoms with E-state index in [1.165, 1.54) is 6.07 Å². The lowest BCUT2D eigenvalue weighted by Crippen LogP contribution is -2.29. The number of nitrogens with one attached hydrogen (secondary N) is 1. The van der Waals surface area contributed by atoms with Crippen molar-refractivity contribution in [2.24, 2.45) is 11.1 Å². The minimum absolute atomic E-state index is 0.0377. The first-order valence-electron chi connectivity index (χ1n) is 5.80. The predicted octanol–water partition coefficient (Wildman–Crippen LogP) is 0.786. The van der Waals surface area contributed by atoms with Crippen LogP contribution in [-0.4, -0.2) is 22.6 Å². The first-order valence-corrected chi connectivity index (χ1v) is 9.81. The molecule has 0 spiro atoms. The normalized spacial score (nSPS) is 18.4. The van der Waals surface area contributed by atoms with Gasteiger partial charge >= 0.3 is 0 Å². The van der Waals surface area contributed by atoms with Gasteiger partial charge in [0.25, 0.3) is 0 Å². The summed E-state index contributed by atoms with van der Waals surface area (Å²) in [7, 11) is -7.04. The summed E-state index contributed by atoms with van der Waals surface area (Å²) >= 11 is 0.983. The molecule has 1 fully saturated rings. The molecular weight excluding hydrogens is 308 g/mol. The van der Waals surface area contributed by atoms with Crippen LogP contribution in [0.25, 0.3) is 0 Å². The average molecular weight is 324 g/mol. The molecule has 1 unspecified atom stereocenters. The SMILES string of the molecule is CC(NS(=O)(=O)CC1CC1)c1ccc(S(N)(=O)=O)s1. The lowest BCUT2D eigenvalue weighted by molar-refractivity contribution is 0.565. The fourth-order valence-corrected chi connectivity index (χ4v) is 5.23. The smallest absolute Gasteiger partial charge is 0.224 e. The van der Waals surface area contributed by atoms with Gasteiger partial charge in [-0.1, -0.05) is 0 Å². The van der Waals surface area contributed by atoms with Gasteiger partial charge in [-0.15, -0.1) is 11.3 Å². The summed E-state index contributed by atoms with van der Waals surface area (Å²) in [5, 5.41) is 5.02. The lowest BCUT2D eigenvalue weighted by Gasteiger charge is -2.12. The second kappa shape index (κ2) is 5.13. The molecule has 0 saturated heterocycles. The highest BCUT2D eigenvalue weighted by molar-refractivity contribution is 7.91. The number of nitrogens with two attached hydrogens (primary N) is 1. The van der Waals surface area contributed by atoms with Crippen molar-refractivity contribution < 1.29 is 16.8 Å². The zero-order valence-electron chi connectivity index (χ0n) is 10.4. The largest absolute Gasteiger partial charge is 0.247 e. The van der Waals surface area contributed by atoms with Crippen molar-refractivity contribution in [2.75, 3.05) is 5.75 Å². The number of thiophene rings is 1. The minimum Gasteiger partial charge on any atom is -0.224 e. The topological polar surface area (TPSA) is 106 Å². The van der Waals surface area contributed by atoms with Gasteiger partial charge in [0, 0.05) is 4.88 Å².